The molecule has 0 bridgehead atoms. The number of hydrogen-bond acceptors (Lipinski definition) is 5. The molecule has 0 aliphatic heterocycles. The molecule has 0 unspecified atom stereocenters. The molecule has 6 heteroatoms. The molecule has 0 spiro atoms. The summed E-state index contributed by atoms with van der Waals surface area (Å²) in [5.41, 5.74) is 15.8. The normalized spacial score (nSPS) is 11.8. The number of hydrogen-bond donors (Lipinski definition) is 0. The number of benzene rings is 8. The van der Waals surface area contributed by atoms with Gasteiger partial charge in [-0.15, -0.1) is 0 Å². The molecule has 0 radical (unpaired) electrons. The van der Waals surface area contributed by atoms with E-state index in [0.29, 0.717) is 5.84 Å². The number of rotatable bonds is 15. The number of anilines is 10. The average molecular weight is 873 g/mol. The van der Waals surface area contributed by atoms with Crippen LogP contribution < -0.4 is 19.6 Å². The predicted molar refractivity (Wildman–Crippen MR) is 287 cm³/mol. The fourth-order valence-corrected chi connectivity index (χ4v) is 7.97. The quantitative estimate of drug-likeness (QED) is 0.0584. The highest BCUT2D eigenvalue weighted by atomic mass is 15.3. The summed E-state index contributed by atoms with van der Waals surface area (Å²) in [6, 6.07) is 73.0. The van der Waals surface area contributed by atoms with Gasteiger partial charge in [0.25, 0.3) is 0 Å². The Morgan fingerprint density at radius 3 is 1.01 bits per heavy atom. The SMILES string of the molecule is C=N\C=C/N=C(/C(=C\C=C/C)N(c1ccccc1)c1ccc(N(c2ccc(C)cc2)c2ccc(C)cc2)cc1)N(c1ccccc1)c1ccc(N(c2ccc(C)cc2)c2ccc(C)cc2)cc1. The lowest BCUT2D eigenvalue weighted by Gasteiger charge is -2.35. The number of aliphatic imine (C=N–C) groups is 2. The second-order valence-corrected chi connectivity index (χ2v) is 16.4. The van der Waals surface area contributed by atoms with Crippen LogP contribution in [0.3, 0.4) is 0 Å². The zero-order valence-electron chi connectivity index (χ0n) is 38.9. The molecule has 330 valence electrons. The lowest BCUT2D eigenvalue weighted by molar-refractivity contribution is 1.18. The third-order valence-electron chi connectivity index (χ3n) is 11.4. The molecule has 0 saturated carbocycles. The summed E-state index contributed by atoms with van der Waals surface area (Å²) < 4.78 is 0. The van der Waals surface area contributed by atoms with E-state index in [1.807, 2.05) is 25.1 Å². The van der Waals surface area contributed by atoms with E-state index in [1.54, 1.807) is 12.4 Å². The maximum atomic E-state index is 5.27. The third-order valence-corrected chi connectivity index (χ3v) is 11.4. The van der Waals surface area contributed by atoms with E-state index in [2.05, 4.69) is 265 Å². The molecule has 8 aromatic carbocycles. The Balaban J connectivity index is 1.28. The zero-order valence-corrected chi connectivity index (χ0v) is 38.9. The van der Waals surface area contributed by atoms with Gasteiger partial charge in [-0.3, -0.25) is 9.89 Å². The fraction of sp³-hybridized carbons (Fsp3) is 0.0820. The van der Waals surface area contributed by atoms with Crippen LogP contribution in [0.1, 0.15) is 29.2 Å². The summed E-state index contributed by atoms with van der Waals surface area (Å²) in [5, 5.41) is 0. The van der Waals surface area contributed by atoms with E-state index in [4.69, 9.17) is 4.99 Å². The van der Waals surface area contributed by atoms with Gasteiger partial charge in [0.15, 0.2) is 5.84 Å². The number of amidine groups is 1. The van der Waals surface area contributed by atoms with Gasteiger partial charge in [0, 0.05) is 69.3 Å². The van der Waals surface area contributed by atoms with Crippen LogP contribution in [0.2, 0.25) is 0 Å². The number of nitrogens with zero attached hydrogens (tertiary/aromatic N) is 6. The molecule has 0 saturated heterocycles. The molecule has 0 fully saturated rings. The van der Waals surface area contributed by atoms with E-state index >= 15 is 0 Å². The van der Waals surface area contributed by atoms with Crippen molar-refractivity contribution in [3.8, 4) is 0 Å². The molecule has 0 heterocycles. The minimum absolute atomic E-state index is 0.666. The monoisotopic (exact) mass is 872 g/mol. The Bertz CT molecular complexity index is 2880. The van der Waals surface area contributed by atoms with Gasteiger partial charge in [0.05, 0.1) is 5.70 Å². The Morgan fingerprint density at radius 2 is 0.672 bits per heavy atom. The van der Waals surface area contributed by atoms with Crippen molar-refractivity contribution >= 4 is 69.4 Å². The summed E-state index contributed by atoms with van der Waals surface area (Å²) in [6.45, 7) is 14.2. The lowest BCUT2D eigenvalue weighted by atomic mass is 10.1. The highest BCUT2D eigenvalue weighted by Crippen LogP contribution is 2.41. The van der Waals surface area contributed by atoms with Crippen molar-refractivity contribution in [1.29, 1.82) is 0 Å². The number of allylic oxidation sites excluding steroid dienone is 3. The average Bonchev–Trinajstić information content (AvgIpc) is 3.36. The van der Waals surface area contributed by atoms with Crippen molar-refractivity contribution in [3.05, 3.63) is 265 Å². The Labute approximate surface area is 396 Å². The summed E-state index contributed by atoms with van der Waals surface area (Å²) in [4.78, 5) is 18.4. The Morgan fingerprint density at radius 1 is 0.373 bits per heavy atom. The Kier molecular flexibility index (Phi) is 14.5. The van der Waals surface area contributed by atoms with Gasteiger partial charge in [0.2, 0.25) is 0 Å². The first-order chi connectivity index (χ1) is 32.8. The molecule has 67 heavy (non-hydrogen) atoms. The molecule has 0 N–H and O–H groups in total. The van der Waals surface area contributed by atoms with E-state index in [1.165, 1.54) is 22.3 Å². The Hall–Kier alpha value is -8.48. The second-order valence-electron chi connectivity index (χ2n) is 16.4. The molecule has 8 rings (SSSR count). The first kappa shape index (κ1) is 45.1. The van der Waals surface area contributed by atoms with Crippen molar-refractivity contribution in [2.75, 3.05) is 19.6 Å². The van der Waals surface area contributed by atoms with Crippen molar-refractivity contribution in [3.63, 3.8) is 0 Å². The summed E-state index contributed by atoms with van der Waals surface area (Å²) in [5.74, 6) is 0.666. The summed E-state index contributed by atoms with van der Waals surface area (Å²) in [7, 11) is 0. The van der Waals surface area contributed by atoms with E-state index in [0.717, 1.165) is 62.6 Å². The minimum atomic E-state index is 0.666. The van der Waals surface area contributed by atoms with Crippen LogP contribution in [0.4, 0.5) is 56.9 Å². The molecular formula is C61H56N6. The molecule has 0 aliphatic carbocycles. The number of para-hydroxylation sites is 2. The van der Waals surface area contributed by atoms with Crippen molar-refractivity contribution < 1.29 is 0 Å². The topological polar surface area (TPSA) is 37.7 Å². The molecule has 0 aliphatic rings. The van der Waals surface area contributed by atoms with Crippen LogP contribution in [0.5, 0.6) is 0 Å². The van der Waals surface area contributed by atoms with E-state index in [-0.39, 0.29) is 0 Å². The second kappa shape index (κ2) is 21.5. The first-order valence-electron chi connectivity index (χ1n) is 22.6. The zero-order chi connectivity index (χ0) is 46.5. The van der Waals surface area contributed by atoms with Gasteiger partial charge in [-0.05, 0) is 169 Å². The van der Waals surface area contributed by atoms with Crippen LogP contribution >= 0.6 is 0 Å². The van der Waals surface area contributed by atoms with Gasteiger partial charge in [0.1, 0.15) is 0 Å². The van der Waals surface area contributed by atoms with Crippen molar-refractivity contribution in [2.45, 2.75) is 34.6 Å². The molecular weight excluding hydrogens is 817 g/mol. The standard InChI is InChI=1S/C61H56N6/c1-7-8-19-60(66(50-15-11-9-12-16-50)58-40-36-56(37-41-58)64(52-28-20-46(2)21-29-52)53-30-22-47(3)23-31-53)61(63-45-44-62-6)67(51-17-13-10-14-18-51)59-42-38-57(39-43-59)65(54-32-24-48(4)25-33-54)55-34-26-49(5)27-35-55/h7-45H,6H2,1-5H3/b8-7-,45-44-,60-19+,63-61-. The van der Waals surface area contributed by atoms with Crippen LogP contribution in [0.15, 0.2) is 253 Å². The highest BCUT2D eigenvalue weighted by molar-refractivity contribution is 6.17. The lowest BCUT2D eigenvalue weighted by Crippen LogP contribution is -2.34. The van der Waals surface area contributed by atoms with Crippen LogP contribution in [-0.4, -0.2) is 12.6 Å². The van der Waals surface area contributed by atoms with E-state index in [9.17, 15) is 0 Å². The third kappa shape index (κ3) is 10.7. The molecule has 0 atom stereocenters. The molecule has 0 amide bonds. The van der Waals surface area contributed by atoms with Gasteiger partial charge in [-0.25, -0.2) is 4.99 Å². The van der Waals surface area contributed by atoms with Crippen molar-refractivity contribution in [1.82, 2.24) is 0 Å². The van der Waals surface area contributed by atoms with Crippen LogP contribution in [0.25, 0.3) is 0 Å². The van der Waals surface area contributed by atoms with Gasteiger partial charge < -0.3 is 14.7 Å². The summed E-state index contributed by atoms with van der Waals surface area (Å²) in [6.07, 6.45) is 9.56. The smallest absolute Gasteiger partial charge is 0.162 e. The summed E-state index contributed by atoms with van der Waals surface area (Å²) >= 11 is 0. The maximum absolute atomic E-state index is 5.27. The maximum Gasteiger partial charge on any atom is 0.162 e. The molecule has 6 nitrogen and oxygen atoms in total. The first-order valence-corrected chi connectivity index (χ1v) is 22.6. The van der Waals surface area contributed by atoms with Crippen LogP contribution in [-0.2, 0) is 0 Å². The van der Waals surface area contributed by atoms with E-state index < -0.39 is 0 Å². The molecule has 0 aromatic heterocycles. The molecule has 8 aromatic rings. The van der Waals surface area contributed by atoms with Crippen molar-refractivity contribution in [2.24, 2.45) is 9.98 Å². The highest BCUT2D eigenvalue weighted by Gasteiger charge is 2.27. The largest absolute Gasteiger partial charge is 0.311 e. The van der Waals surface area contributed by atoms with Gasteiger partial charge >= 0.3 is 0 Å². The van der Waals surface area contributed by atoms with Gasteiger partial charge in [-0.2, -0.15) is 0 Å². The fourth-order valence-electron chi connectivity index (χ4n) is 7.97. The van der Waals surface area contributed by atoms with Gasteiger partial charge in [-0.1, -0.05) is 119 Å². The van der Waals surface area contributed by atoms with Crippen LogP contribution in [0, 0.1) is 27.7 Å². The number of aryl methyl sites for hydroxylation is 4. The minimum Gasteiger partial charge on any atom is -0.311 e. The predicted octanol–water partition coefficient (Wildman–Crippen LogP) is 16.9.